The molecule has 0 aromatic carbocycles. The summed E-state index contributed by atoms with van der Waals surface area (Å²) in [5.74, 6) is 0.226. The highest BCUT2D eigenvalue weighted by atomic mass is 32.2. The number of anilines is 2. The van der Waals surface area contributed by atoms with Gasteiger partial charge in [0.1, 0.15) is 11.6 Å². The van der Waals surface area contributed by atoms with Crippen LogP contribution in [-0.2, 0) is 10.0 Å². The van der Waals surface area contributed by atoms with Crippen molar-refractivity contribution in [2.45, 2.75) is 76.0 Å². The minimum absolute atomic E-state index is 0.0428. The Kier molecular flexibility index (Phi) is 9.23. The van der Waals surface area contributed by atoms with Crippen LogP contribution in [-0.4, -0.2) is 72.0 Å². The maximum absolute atomic E-state index is 13.6. The summed E-state index contributed by atoms with van der Waals surface area (Å²) in [4.78, 5) is 24.5. The molecule has 4 N–H and O–H groups in total. The second-order valence-corrected chi connectivity index (χ2v) is 14.0. The van der Waals surface area contributed by atoms with E-state index in [0.717, 1.165) is 18.4 Å². The number of alkyl halides is 3. The van der Waals surface area contributed by atoms with Crippen LogP contribution >= 0.6 is 0 Å². The molecule has 1 saturated heterocycles. The van der Waals surface area contributed by atoms with Crippen LogP contribution in [0, 0.1) is 12.3 Å². The highest BCUT2D eigenvalue weighted by Gasteiger charge is 2.62. The Labute approximate surface area is 266 Å². The van der Waals surface area contributed by atoms with Crippen LogP contribution < -0.4 is 25.4 Å². The Morgan fingerprint density at radius 1 is 1.11 bits per heavy atom. The molecule has 2 aliphatic rings. The number of aryl methyl sites for hydroxylation is 1. The fourth-order valence-electron chi connectivity index (χ4n) is 5.52. The molecule has 3 aromatic heterocycles. The summed E-state index contributed by atoms with van der Waals surface area (Å²) in [5, 5.41) is 7.07. The van der Waals surface area contributed by atoms with Gasteiger partial charge in [-0.2, -0.15) is 21.6 Å². The quantitative estimate of drug-likeness (QED) is 0.225. The number of halogens is 3. The Balaban J connectivity index is 1.37. The van der Waals surface area contributed by atoms with Gasteiger partial charge in [0, 0.05) is 30.9 Å². The minimum atomic E-state index is -4.36. The van der Waals surface area contributed by atoms with Gasteiger partial charge in [-0.3, -0.25) is 4.79 Å². The molecule has 2 fully saturated rings. The lowest BCUT2D eigenvalue weighted by atomic mass is 10.0. The third-order valence-corrected chi connectivity index (χ3v) is 9.83. The third-order valence-electron chi connectivity index (χ3n) is 8.59. The van der Waals surface area contributed by atoms with Gasteiger partial charge in [0.05, 0.1) is 17.6 Å². The topological polar surface area (TPSA) is 157 Å². The number of hydrogen-bond donors (Lipinski definition) is 3. The zero-order valence-corrected chi connectivity index (χ0v) is 26.8. The minimum Gasteiger partial charge on any atom is -0.477 e. The summed E-state index contributed by atoms with van der Waals surface area (Å²) in [6.07, 6.45) is -0.313. The van der Waals surface area contributed by atoms with Crippen molar-refractivity contribution in [2.24, 2.45) is 11.1 Å². The number of carbonyl (C=O) groups is 1. The lowest BCUT2D eigenvalue weighted by molar-refractivity contribution is -0.190. The zero-order chi connectivity index (χ0) is 33.3. The number of pyridine rings is 2. The van der Waals surface area contributed by atoms with Gasteiger partial charge in [0.25, 0.3) is 15.9 Å². The molecule has 46 heavy (non-hydrogen) atoms. The SMILES string of the molecule is Cc1ccc(S(=O)(=O)NC(=O)c2ccc(-n3ccc(OCCC4(C(F)(F)F)CC4)n3)nc2N2CCCC2(C)C)nc1NCCCN. The number of rotatable bonds is 13. The van der Waals surface area contributed by atoms with Crippen molar-refractivity contribution in [3.8, 4) is 11.7 Å². The van der Waals surface area contributed by atoms with Crippen molar-refractivity contribution in [1.29, 1.82) is 0 Å². The largest absolute Gasteiger partial charge is 0.477 e. The van der Waals surface area contributed by atoms with E-state index in [1.807, 2.05) is 18.7 Å². The van der Waals surface area contributed by atoms with Gasteiger partial charge in [-0.05, 0) is 89.6 Å². The number of aromatic nitrogens is 4. The first-order valence-corrected chi connectivity index (χ1v) is 16.7. The molecule has 0 unspecified atom stereocenters. The van der Waals surface area contributed by atoms with Gasteiger partial charge >= 0.3 is 6.18 Å². The molecule has 1 amide bonds. The number of sulfonamides is 1. The van der Waals surface area contributed by atoms with Gasteiger partial charge < -0.3 is 20.7 Å². The van der Waals surface area contributed by atoms with E-state index < -0.39 is 27.5 Å². The molecule has 5 rings (SSSR count). The molecule has 0 atom stereocenters. The first kappa shape index (κ1) is 33.4. The van der Waals surface area contributed by atoms with E-state index in [1.54, 1.807) is 19.2 Å². The predicted molar refractivity (Wildman–Crippen MR) is 166 cm³/mol. The number of amides is 1. The summed E-state index contributed by atoms with van der Waals surface area (Å²) < 4.78 is 75.4. The zero-order valence-electron chi connectivity index (χ0n) is 26.0. The maximum atomic E-state index is 13.6. The van der Waals surface area contributed by atoms with Crippen molar-refractivity contribution in [3.05, 3.63) is 47.7 Å². The maximum Gasteiger partial charge on any atom is 0.394 e. The van der Waals surface area contributed by atoms with Gasteiger partial charge in [-0.1, -0.05) is 6.07 Å². The standard InChI is InChI=1S/C30H39F3N8O4S/c1-20-6-9-24(37-25(20)35-16-5-15-34)46(43,44)39-27(42)21-7-8-22(36-26(21)40-17-4-11-28(40,2)3)41-18-10-23(38-41)45-19-14-29(12-13-29)30(31,32)33/h6-10,18H,4-5,11-17,19,34H2,1-3H3,(H,35,37)(H,39,42). The van der Waals surface area contributed by atoms with Crippen LogP contribution in [0.5, 0.6) is 5.88 Å². The molecular weight excluding hydrogens is 625 g/mol. The number of nitrogens with one attached hydrogen (secondary N) is 2. The average Bonchev–Trinajstić information content (AvgIpc) is 3.50. The molecule has 0 radical (unpaired) electrons. The van der Waals surface area contributed by atoms with E-state index in [1.165, 1.54) is 28.9 Å². The summed E-state index contributed by atoms with van der Waals surface area (Å²) in [6.45, 7) is 7.23. The highest BCUT2D eigenvalue weighted by Crippen LogP contribution is 2.59. The third kappa shape index (κ3) is 7.07. The number of ether oxygens (including phenoxy) is 1. The Morgan fingerprint density at radius 2 is 1.87 bits per heavy atom. The molecular formula is C30H39F3N8O4S. The van der Waals surface area contributed by atoms with E-state index in [-0.39, 0.29) is 53.7 Å². The summed E-state index contributed by atoms with van der Waals surface area (Å²) >= 11 is 0. The number of nitrogens with two attached hydrogens (primary N) is 1. The molecule has 4 heterocycles. The van der Waals surface area contributed by atoms with Crippen molar-refractivity contribution in [2.75, 3.05) is 36.5 Å². The van der Waals surface area contributed by atoms with E-state index in [2.05, 4.69) is 20.1 Å². The van der Waals surface area contributed by atoms with E-state index in [0.29, 0.717) is 37.7 Å². The number of nitrogens with zero attached hydrogens (tertiary/aromatic N) is 5. The van der Waals surface area contributed by atoms with Gasteiger partial charge in [-0.25, -0.2) is 19.4 Å². The van der Waals surface area contributed by atoms with Crippen LogP contribution in [0.2, 0.25) is 0 Å². The first-order valence-electron chi connectivity index (χ1n) is 15.2. The molecule has 1 aliphatic carbocycles. The van der Waals surface area contributed by atoms with Crippen LogP contribution in [0.1, 0.15) is 68.3 Å². The smallest absolute Gasteiger partial charge is 0.394 e. The summed E-state index contributed by atoms with van der Waals surface area (Å²) in [6, 6.07) is 7.44. The van der Waals surface area contributed by atoms with Crippen molar-refractivity contribution < 1.29 is 31.1 Å². The van der Waals surface area contributed by atoms with Crippen LogP contribution in [0.3, 0.4) is 0 Å². The summed E-state index contributed by atoms with van der Waals surface area (Å²) in [7, 11) is -4.36. The van der Waals surface area contributed by atoms with Gasteiger partial charge in [0.2, 0.25) is 5.88 Å². The van der Waals surface area contributed by atoms with Crippen LogP contribution in [0.4, 0.5) is 24.8 Å². The van der Waals surface area contributed by atoms with Crippen molar-refractivity contribution >= 4 is 27.6 Å². The molecule has 1 saturated carbocycles. The van der Waals surface area contributed by atoms with Gasteiger partial charge in [0.15, 0.2) is 10.8 Å². The van der Waals surface area contributed by atoms with E-state index in [4.69, 9.17) is 15.5 Å². The van der Waals surface area contributed by atoms with E-state index >= 15 is 0 Å². The number of hydrogen-bond acceptors (Lipinski definition) is 10. The fraction of sp³-hybridized carbons (Fsp3) is 0.533. The van der Waals surface area contributed by atoms with Crippen LogP contribution in [0.15, 0.2) is 41.6 Å². The second kappa shape index (κ2) is 12.7. The molecule has 3 aromatic rings. The monoisotopic (exact) mass is 664 g/mol. The molecule has 0 bridgehead atoms. The van der Waals surface area contributed by atoms with Crippen LogP contribution in [0.25, 0.3) is 5.82 Å². The Bertz CT molecular complexity index is 1690. The van der Waals surface area contributed by atoms with Gasteiger partial charge in [-0.15, -0.1) is 5.10 Å². The molecule has 0 spiro atoms. The Hall–Kier alpha value is -3.92. The molecule has 1 aliphatic heterocycles. The fourth-order valence-corrected chi connectivity index (χ4v) is 6.43. The lowest BCUT2D eigenvalue weighted by Gasteiger charge is -2.34. The van der Waals surface area contributed by atoms with Crippen molar-refractivity contribution in [3.63, 3.8) is 0 Å². The first-order chi connectivity index (χ1) is 21.7. The predicted octanol–water partition coefficient (Wildman–Crippen LogP) is 4.34. The Morgan fingerprint density at radius 3 is 2.52 bits per heavy atom. The second-order valence-electron chi connectivity index (χ2n) is 12.4. The molecule has 16 heteroatoms. The van der Waals surface area contributed by atoms with Crippen molar-refractivity contribution in [1.82, 2.24) is 24.5 Å². The number of carbonyl (C=O) groups excluding carboxylic acids is 1. The summed E-state index contributed by atoms with van der Waals surface area (Å²) in [5.41, 5.74) is 4.28. The average molecular weight is 665 g/mol. The molecule has 250 valence electrons. The molecule has 12 nitrogen and oxygen atoms in total. The lowest BCUT2D eigenvalue weighted by Crippen LogP contribution is -2.41. The normalized spacial score (nSPS) is 17.2. The highest BCUT2D eigenvalue weighted by molar-refractivity contribution is 7.90. The van der Waals surface area contributed by atoms with E-state index in [9.17, 15) is 26.4 Å².